The highest BCUT2D eigenvalue weighted by Crippen LogP contribution is 2.40. The second-order valence-corrected chi connectivity index (χ2v) is 6.88. The van der Waals surface area contributed by atoms with Crippen LogP contribution in [0.2, 0.25) is 10.0 Å². The Bertz CT molecular complexity index is 586. The lowest BCUT2D eigenvalue weighted by molar-refractivity contribution is -0.136. The first-order valence-electron chi connectivity index (χ1n) is 7.63. The fourth-order valence-corrected chi connectivity index (χ4v) is 3.82. The predicted molar refractivity (Wildman–Crippen MR) is 87.2 cm³/mol. The molecule has 0 radical (unpaired) electrons. The second kappa shape index (κ2) is 6.36. The molecule has 1 amide bonds. The van der Waals surface area contributed by atoms with Crippen LogP contribution in [0.4, 0.5) is 0 Å². The molecule has 1 fully saturated rings. The Morgan fingerprint density at radius 3 is 2.77 bits per heavy atom. The summed E-state index contributed by atoms with van der Waals surface area (Å²) in [6.07, 6.45) is 3.03. The quantitative estimate of drug-likeness (QED) is 0.887. The van der Waals surface area contributed by atoms with Crippen LogP contribution in [0.1, 0.15) is 36.4 Å². The standard InChI is InChI=1S/C16H20Cl2N2O2/c17-12-3-1-10-11(14(12)18)2-4-13(10)20-15(21)16(9-19)5-7-22-8-6-16/h1,3,13H,2,4-9,19H2,(H,20,21). The molecular weight excluding hydrogens is 323 g/mol. The van der Waals surface area contributed by atoms with E-state index in [0.717, 1.165) is 24.0 Å². The summed E-state index contributed by atoms with van der Waals surface area (Å²) < 4.78 is 5.36. The Labute approximate surface area is 140 Å². The highest BCUT2D eigenvalue weighted by Gasteiger charge is 2.40. The molecule has 1 unspecified atom stereocenters. The molecule has 120 valence electrons. The van der Waals surface area contributed by atoms with Crippen molar-refractivity contribution in [2.75, 3.05) is 19.8 Å². The van der Waals surface area contributed by atoms with E-state index in [1.807, 2.05) is 6.07 Å². The third kappa shape index (κ3) is 2.73. The number of rotatable bonds is 3. The highest BCUT2D eigenvalue weighted by atomic mass is 35.5. The smallest absolute Gasteiger partial charge is 0.228 e. The molecule has 2 aliphatic rings. The Kier molecular flexibility index (Phi) is 4.64. The zero-order chi connectivity index (χ0) is 15.7. The van der Waals surface area contributed by atoms with Crippen LogP contribution in [0, 0.1) is 5.41 Å². The average molecular weight is 343 g/mol. The molecule has 0 spiro atoms. The van der Waals surface area contributed by atoms with Crippen molar-refractivity contribution in [2.45, 2.75) is 31.7 Å². The third-order valence-corrected chi connectivity index (χ3v) is 5.76. The molecule has 0 bridgehead atoms. The first kappa shape index (κ1) is 16.1. The van der Waals surface area contributed by atoms with Gasteiger partial charge in [0.15, 0.2) is 0 Å². The number of nitrogens with one attached hydrogen (secondary N) is 1. The van der Waals surface area contributed by atoms with Gasteiger partial charge in [-0.05, 0) is 42.9 Å². The van der Waals surface area contributed by atoms with Gasteiger partial charge in [0.25, 0.3) is 0 Å². The number of hydrogen-bond acceptors (Lipinski definition) is 3. The van der Waals surface area contributed by atoms with Crippen molar-refractivity contribution in [2.24, 2.45) is 11.1 Å². The molecule has 0 aromatic heterocycles. The van der Waals surface area contributed by atoms with Crippen molar-refractivity contribution >= 4 is 29.1 Å². The lowest BCUT2D eigenvalue weighted by Gasteiger charge is -2.35. The van der Waals surface area contributed by atoms with Gasteiger partial charge in [0.05, 0.1) is 21.5 Å². The fourth-order valence-electron chi connectivity index (χ4n) is 3.38. The molecule has 6 heteroatoms. The van der Waals surface area contributed by atoms with E-state index in [4.69, 9.17) is 33.7 Å². The summed E-state index contributed by atoms with van der Waals surface area (Å²) in [6.45, 7) is 1.53. The molecule has 1 heterocycles. The summed E-state index contributed by atoms with van der Waals surface area (Å²) in [7, 11) is 0. The van der Waals surface area contributed by atoms with Gasteiger partial charge < -0.3 is 15.8 Å². The number of nitrogens with two attached hydrogens (primary N) is 1. The molecule has 1 aromatic rings. The van der Waals surface area contributed by atoms with E-state index < -0.39 is 5.41 Å². The van der Waals surface area contributed by atoms with Gasteiger partial charge in [-0.2, -0.15) is 0 Å². The Hall–Kier alpha value is -0.810. The molecule has 1 aliphatic carbocycles. The van der Waals surface area contributed by atoms with Gasteiger partial charge >= 0.3 is 0 Å². The first-order chi connectivity index (χ1) is 10.6. The molecule has 3 rings (SSSR count). The van der Waals surface area contributed by atoms with Gasteiger partial charge in [0.1, 0.15) is 0 Å². The van der Waals surface area contributed by atoms with Crippen molar-refractivity contribution in [1.82, 2.24) is 5.32 Å². The zero-order valence-corrected chi connectivity index (χ0v) is 13.8. The van der Waals surface area contributed by atoms with E-state index in [0.29, 0.717) is 42.6 Å². The summed E-state index contributed by atoms with van der Waals surface area (Å²) in [5.41, 5.74) is 7.51. The first-order valence-corrected chi connectivity index (χ1v) is 8.38. The Balaban J connectivity index is 1.78. The van der Waals surface area contributed by atoms with E-state index >= 15 is 0 Å². The molecule has 0 saturated carbocycles. The average Bonchev–Trinajstić information content (AvgIpc) is 2.95. The lowest BCUT2D eigenvalue weighted by atomic mass is 9.79. The van der Waals surface area contributed by atoms with E-state index in [1.165, 1.54) is 0 Å². The lowest BCUT2D eigenvalue weighted by Crippen LogP contribution is -2.49. The second-order valence-electron chi connectivity index (χ2n) is 6.09. The SMILES string of the molecule is NCC1(C(=O)NC2CCc3c2ccc(Cl)c3Cl)CCOCC1. The van der Waals surface area contributed by atoms with Crippen LogP contribution >= 0.6 is 23.2 Å². The van der Waals surface area contributed by atoms with Gasteiger partial charge in [-0.1, -0.05) is 29.3 Å². The molecule has 22 heavy (non-hydrogen) atoms. The van der Waals surface area contributed by atoms with Crippen LogP contribution in [0.15, 0.2) is 12.1 Å². The summed E-state index contributed by atoms with van der Waals surface area (Å²) in [5, 5.41) is 4.34. The fraction of sp³-hybridized carbons (Fsp3) is 0.562. The van der Waals surface area contributed by atoms with Gasteiger partial charge in [-0.25, -0.2) is 0 Å². The van der Waals surface area contributed by atoms with E-state index in [2.05, 4.69) is 5.32 Å². The maximum atomic E-state index is 12.8. The van der Waals surface area contributed by atoms with Crippen LogP contribution in [0.3, 0.4) is 0 Å². The van der Waals surface area contributed by atoms with Crippen molar-refractivity contribution in [3.05, 3.63) is 33.3 Å². The maximum Gasteiger partial charge on any atom is 0.228 e. The highest BCUT2D eigenvalue weighted by molar-refractivity contribution is 6.42. The number of fused-ring (bicyclic) bond motifs is 1. The minimum Gasteiger partial charge on any atom is -0.381 e. The van der Waals surface area contributed by atoms with Gasteiger partial charge in [-0.3, -0.25) is 4.79 Å². The molecule has 1 aromatic carbocycles. The van der Waals surface area contributed by atoms with Crippen LogP contribution < -0.4 is 11.1 Å². The normalized spacial score (nSPS) is 23.1. The topological polar surface area (TPSA) is 64.4 Å². The number of carbonyl (C=O) groups excluding carboxylic acids is 1. The largest absolute Gasteiger partial charge is 0.381 e. The van der Waals surface area contributed by atoms with E-state index in [1.54, 1.807) is 6.07 Å². The van der Waals surface area contributed by atoms with Crippen LogP contribution in [0.25, 0.3) is 0 Å². The van der Waals surface area contributed by atoms with Crippen LogP contribution in [-0.4, -0.2) is 25.7 Å². The number of amides is 1. The zero-order valence-electron chi connectivity index (χ0n) is 12.3. The summed E-state index contributed by atoms with van der Waals surface area (Å²) in [5.74, 6) is 0.0298. The minimum atomic E-state index is -0.503. The summed E-state index contributed by atoms with van der Waals surface area (Å²) in [4.78, 5) is 12.8. The number of benzene rings is 1. The Morgan fingerprint density at radius 1 is 1.36 bits per heavy atom. The molecule has 1 saturated heterocycles. The molecule has 1 atom stereocenters. The van der Waals surface area contributed by atoms with Gasteiger partial charge in [-0.15, -0.1) is 0 Å². The number of halogens is 2. The van der Waals surface area contributed by atoms with Crippen LogP contribution in [0.5, 0.6) is 0 Å². The van der Waals surface area contributed by atoms with E-state index in [-0.39, 0.29) is 11.9 Å². The maximum absolute atomic E-state index is 12.8. The van der Waals surface area contributed by atoms with Crippen LogP contribution in [-0.2, 0) is 16.0 Å². The number of hydrogen-bond donors (Lipinski definition) is 2. The minimum absolute atomic E-state index is 0.0106. The predicted octanol–water partition coefficient (Wildman–Crippen LogP) is 2.85. The number of ether oxygens (including phenoxy) is 1. The van der Waals surface area contributed by atoms with Crippen molar-refractivity contribution in [3.63, 3.8) is 0 Å². The summed E-state index contributed by atoms with van der Waals surface area (Å²) in [6, 6.07) is 3.74. The third-order valence-electron chi connectivity index (χ3n) is 4.92. The summed E-state index contributed by atoms with van der Waals surface area (Å²) >= 11 is 12.3. The molecular formula is C16H20Cl2N2O2. The monoisotopic (exact) mass is 342 g/mol. The number of carbonyl (C=O) groups is 1. The van der Waals surface area contributed by atoms with Gasteiger partial charge in [0, 0.05) is 19.8 Å². The molecule has 3 N–H and O–H groups in total. The van der Waals surface area contributed by atoms with Crippen molar-refractivity contribution in [3.8, 4) is 0 Å². The van der Waals surface area contributed by atoms with Crippen molar-refractivity contribution < 1.29 is 9.53 Å². The molecule has 4 nitrogen and oxygen atoms in total. The van der Waals surface area contributed by atoms with Gasteiger partial charge in [0.2, 0.25) is 5.91 Å². The van der Waals surface area contributed by atoms with Crippen molar-refractivity contribution in [1.29, 1.82) is 0 Å². The Morgan fingerprint density at radius 2 is 2.09 bits per heavy atom. The van der Waals surface area contributed by atoms with E-state index in [9.17, 15) is 4.79 Å². The molecule has 1 aliphatic heterocycles.